The second-order valence-electron chi connectivity index (χ2n) is 3.23. The van der Waals surface area contributed by atoms with Gasteiger partial charge in [0.05, 0.1) is 4.48 Å². The van der Waals surface area contributed by atoms with E-state index in [9.17, 15) is 9.59 Å². The van der Waals surface area contributed by atoms with Crippen molar-refractivity contribution in [3.8, 4) is 0 Å². The summed E-state index contributed by atoms with van der Waals surface area (Å²) in [6.07, 6.45) is 1.32. The normalized spacial score (nSPS) is 15.1. The minimum atomic E-state index is -0.125. The SMILES string of the molecule is Cc1ccc2c(c1)C(=O)C=C(Br)C2=O. The molecule has 2 nitrogen and oxygen atoms in total. The van der Waals surface area contributed by atoms with Gasteiger partial charge in [-0.1, -0.05) is 17.7 Å². The summed E-state index contributed by atoms with van der Waals surface area (Å²) in [6, 6.07) is 5.26. The largest absolute Gasteiger partial charge is 0.289 e. The molecule has 1 aromatic carbocycles. The van der Waals surface area contributed by atoms with E-state index in [-0.39, 0.29) is 11.6 Å². The predicted octanol–water partition coefficient (Wildman–Crippen LogP) is 2.65. The number of aryl methyl sites for hydroxylation is 1. The van der Waals surface area contributed by atoms with E-state index in [1.165, 1.54) is 6.08 Å². The summed E-state index contributed by atoms with van der Waals surface area (Å²) in [6.45, 7) is 1.89. The molecular weight excluding hydrogens is 244 g/mol. The highest BCUT2D eigenvalue weighted by atomic mass is 79.9. The third kappa shape index (κ3) is 1.34. The van der Waals surface area contributed by atoms with Gasteiger partial charge in [-0.2, -0.15) is 0 Å². The second-order valence-corrected chi connectivity index (χ2v) is 4.09. The van der Waals surface area contributed by atoms with Gasteiger partial charge in [0.2, 0.25) is 5.78 Å². The average Bonchev–Trinajstić information content (AvgIpc) is 2.14. The van der Waals surface area contributed by atoms with E-state index in [0.717, 1.165) is 5.56 Å². The molecular formula is C11H7BrO2. The summed E-state index contributed by atoms with van der Waals surface area (Å²) in [7, 11) is 0. The first-order valence-corrected chi connectivity index (χ1v) is 4.96. The topological polar surface area (TPSA) is 34.1 Å². The molecule has 1 aromatic rings. The van der Waals surface area contributed by atoms with Gasteiger partial charge in [0, 0.05) is 17.2 Å². The zero-order valence-corrected chi connectivity index (χ0v) is 9.09. The summed E-state index contributed by atoms with van der Waals surface area (Å²) in [4.78, 5) is 23.1. The first-order chi connectivity index (χ1) is 6.59. The Labute approximate surface area is 89.8 Å². The van der Waals surface area contributed by atoms with Crippen LogP contribution in [0, 0.1) is 6.92 Å². The third-order valence-electron chi connectivity index (χ3n) is 2.16. The predicted molar refractivity (Wildman–Crippen MR) is 56.9 cm³/mol. The molecule has 0 heterocycles. The van der Waals surface area contributed by atoms with Crippen LogP contribution in [0.5, 0.6) is 0 Å². The third-order valence-corrected chi connectivity index (χ3v) is 2.75. The number of fused-ring (bicyclic) bond motifs is 1. The van der Waals surface area contributed by atoms with Gasteiger partial charge in [-0.3, -0.25) is 9.59 Å². The highest BCUT2D eigenvalue weighted by Gasteiger charge is 2.23. The van der Waals surface area contributed by atoms with Crippen LogP contribution in [-0.4, -0.2) is 11.6 Å². The minimum Gasteiger partial charge on any atom is -0.289 e. The van der Waals surface area contributed by atoms with Crippen molar-refractivity contribution in [2.75, 3.05) is 0 Å². The van der Waals surface area contributed by atoms with Gasteiger partial charge in [-0.05, 0) is 28.9 Å². The fraction of sp³-hybridized carbons (Fsp3) is 0.0909. The van der Waals surface area contributed by atoms with E-state index in [1.54, 1.807) is 12.1 Å². The Balaban J connectivity index is 2.69. The van der Waals surface area contributed by atoms with E-state index in [2.05, 4.69) is 15.9 Å². The maximum atomic E-state index is 11.6. The fourth-order valence-corrected chi connectivity index (χ4v) is 1.87. The number of benzene rings is 1. The molecule has 0 atom stereocenters. The zero-order valence-electron chi connectivity index (χ0n) is 7.50. The molecule has 2 rings (SSSR count). The summed E-state index contributed by atoms with van der Waals surface area (Å²) in [5.74, 6) is -0.241. The standard InChI is InChI=1S/C11H7BrO2/c1-6-2-3-7-8(4-6)10(13)5-9(12)11(7)14/h2-5H,1H3. The maximum Gasteiger partial charge on any atom is 0.200 e. The molecule has 1 aliphatic carbocycles. The van der Waals surface area contributed by atoms with Crippen LogP contribution in [0.3, 0.4) is 0 Å². The van der Waals surface area contributed by atoms with E-state index in [0.29, 0.717) is 15.6 Å². The van der Waals surface area contributed by atoms with Crippen LogP contribution in [0.15, 0.2) is 28.8 Å². The molecule has 1 aliphatic rings. The number of hydrogen-bond acceptors (Lipinski definition) is 2. The minimum absolute atomic E-state index is 0.116. The Bertz CT molecular complexity index is 472. The summed E-state index contributed by atoms with van der Waals surface area (Å²) < 4.78 is 0.332. The maximum absolute atomic E-state index is 11.6. The van der Waals surface area contributed by atoms with Crippen LogP contribution < -0.4 is 0 Å². The molecule has 0 unspecified atom stereocenters. The van der Waals surface area contributed by atoms with Crippen LogP contribution in [0.4, 0.5) is 0 Å². The van der Waals surface area contributed by atoms with Crippen molar-refractivity contribution >= 4 is 27.5 Å². The molecule has 0 radical (unpaired) electrons. The van der Waals surface area contributed by atoms with Gasteiger partial charge < -0.3 is 0 Å². The molecule has 0 saturated carbocycles. The lowest BCUT2D eigenvalue weighted by atomic mass is 9.93. The molecule has 14 heavy (non-hydrogen) atoms. The van der Waals surface area contributed by atoms with Crippen LogP contribution in [-0.2, 0) is 0 Å². The summed E-state index contributed by atoms with van der Waals surface area (Å²) in [5, 5.41) is 0. The van der Waals surface area contributed by atoms with Crippen LogP contribution in [0.2, 0.25) is 0 Å². The van der Waals surface area contributed by atoms with Crippen molar-refractivity contribution < 1.29 is 9.59 Å². The van der Waals surface area contributed by atoms with Crippen molar-refractivity contribution in [1.29, 1.82) is 0 Å². The number of carbonyl (C=O) groups excluding carboxylic acids is 2. The van der Waals surface area contributed by atoms with Gasteiger partial charge in [-0.25, -0.2) is 0 Å². The molecule has 3 heteroatoms. The van der Waals surface area contributed by atoms with Crippen molar-refractivity contribution in [3.63, 3.8) is 0 Å². The Morgan fingerprint density at radius 3 is 2.57 bits per heavy atom. The molecule has 0 saturated heterocycles. The van der Waals surface area contributed by atoms with Crippen LogP contribution >= 0.6 is 15.9 Å². The van der Waals surface area contributed by atoms with E-state index in [1.807, 2.05) is 13.0 Å². The van der Waals surface area contributed by atoms with Gasteiger partial charge in [-0.15, -0.1) is 0 Å². The molecule has 0 N–H and O–H groups in total. The van der Waals surface area contributed by atoms with Crippen molar-refractivity contribution in [3.05, 3.63) is 45.4 Å². The number of allylic oxidation sites excluding steroid dienone is 2. The Morgan fingerprint density at radius 2 is 1.86 bits per heavy atom. The Kier molecular flexibility index (Phi) is 2.11. The fourth-order valence-electron chi connectivity index (χ4n) is 1.45. The van der Waals surface area contributed by atoms with Crippen LogP contribution in [0.25, 0.3) is 0 Å². The first kappa shape index (κ1) is 9.34. The van der Waals surface area contributed by atoms with Gasteiger partial charge in [0.25, 0.3) is 0 Å². The molecule has 0 spiro atoms. The smallest absolute Gasteiger partial charge is 0.200 e. The number of rotatable bonds is 0. The average molecular weight is 251 g/mol. The van der Waals surface area contributed by atoms with Gasteiger partial charge >= 0.3 is 0 Å². The lowest BCUT2D eigenvalue weighted by Crippen LogP contribution is -2.14. The van der Waals surface area contributed by atoms with Crippen LogP contribution in [0.1, 0.15) is 26.3 Å². The summed E-state index contributed by atoms with van der Waals surface area (Å²) in [5.41, 5.74) is 1.96. The Hall–Kier alpha value is -1.22. The number of halogens is 1. The number of carbonyl (C=O) groups is 2. The van der Waals surface area contributed by atoms with Crippen molar-refractivity contribution in [2.24, 2.45) is 0 Å². The zero-order chi connectivity index (χ0) is 10.3. The molecule has 0 amide bonds. The molecule has 0 fully saturated rings. The lowest BCUT2D eigenvalue weighted by Gasteiger charge is -2.11. The number of ketones is 2. The molecule has 0 aromatic heterocycles. The number of Topliss-reactive ketones (excluding diaryl/α,β-unsaturated/α-hetero) is 1. The van der Waals surface area contributed by atoms with E-state index >= 15 is 0 Å². The Morgan fingerprint density at radius 1 is 1.14 bits per heavy atom. The molecule has 0 aliphatic heterocycles. The highest BCUT2D eigenvalue weighted by Crippen LogP contribution is 2.25. The van der Waals surface area contributed by atoms with Gasteiger partial charge in [0.1, 0.15) is 0 Å². The van der Waals surface area contributed by atoms with Gasteiger partial charge in [0.15, 0.2) is 5.78 Å². The quantitative estimate of drug-likeness (QED) is 0.710. The van der Waals surface area contributed by atoms with E-state index < -0.39 is 0 Å². The molecule has 0 bridgehead atoms. The van der Waals surface area contributed by atoms with Crippen molar-refractivity contribution in [1.82, 2.24) is 0 Å². The highest BCUT2D eigenvalue weighted by molar-refractivity contribution is 9.12. The van der Waals surface area contributed by atoms with E-state index in [4.69, 9.17) is 0 Å². The number of hydrogen-bond donors (Lipinski definition) is 0. The lowest BCUT2D eigenvalue weighted by molar-refractivity contribution is 0.0992. The van der Waals surface area contributed by atoms with Crippen molar-refractivity contribution in [2.45, 2.75) is 6.92 Å². The summed E-state index contributed by atoms with van der Waals surface area (Å²) >= 11 is 3.07. The second kappa shape index (κ2) is 3.17. The monoisotopic (exact) mass is 250 g/mol. The molecule has 70 valence electrons. The first-order valence-electron chi connectivity index (χ1n) is 4.16.